The Morgan fingerprint density at radius 3 is 2.64 bits per heavy atom. The predicted octanol–water partition coefficient (Wildman–Crippen LogP) is 2.17. The van der Waals surface area contributed by atoms with Crippen molar-refractivity contribution in [3.05, 3.63) is 41.3 Å². The molecule has 0 saturated heterocycles. The molecule has 5 rings (SSSR count). The minimum Gasteiger partial charge on any atom is -0.368 e. The summed E-state index contributed by atoms with van der Waals surface area (Å²) in [6.45, 7) is 0. The minimum absolute atomic E-state index is 0.207. The van der Waals surface area contributed by atoms with E-state index in [2.05, 4.69) is 16.9 Å². The van der Waals surface area contributed by atoms with Crippen LogP contribution in [0.5, 0.6) is 0 Å². The number of allylic oxidation sites excluding steroid dienone is 4. The second-order valence-electron chi connectivity index (χ2n) is 6.86. The molecular formula is C18H16F3N3O3S. The number of alkyl halides is 3. The quantitative estimate of drug-likeness (QED) is 0.770. The first-order valence-electron chi connectivity index (χ1n) is 8.44. The minimum atomic E-state index is -4.62. The topological polar surface area (TPSA) is 87.2 Å². The van der Waals surface area contributed by atoms with Crippen LogP contribution in [0.2, 0.25) is 0 Å². The molecule has 0 aromatic carbocycles. The predicted molar refractivity (Wildman–Crippen MR) is 95.8 cm³/mol. The van der Waals surface area contributed by atoms with Gasteiger partial charge in [-0.15, -0.1) is 0 Å². The average molecular weight is 411 g/mol. The molecule has 1 fully saturated rings. The molecule has 28 heavy (non-hydrogen) atoms. The van der Waals surface area contributed by atoms with Gasteiger partial charge in [0.1, 0.15) is 17.1 Å². The van der Waals surface area contributed by atoms with E-state index in [0.717, 1.165) is 10.7 Å². The first-order valence-corrected chi connectivity index (χ1v) is 10.1. The Morgan fingerprint density at radius 1 is 1.39 bits per heavy atom. The summed E-state index contributed by atoms with van der Waals surface area (Å²) in [5.74, 6) is 5.26. The van der Waals surface area contributed by atoms with Crippen LogP contribution in [-0.2, 0) is 20.9 Å². The second-order valence-corrected chi connectivity index (χ2v) is 8.55. The molecule has 1 aromatic heterocycles. The summed E-state index contributed by atoms with van der Waals surface area (Å²) in [6.07, 6.45) is 0.919. The molecule has 3 atom stereocenters. The molecule has 2 bridgehead atoms. The highest BCUT2D eigenvalue weighted by Crippen LogP contribution is 2.46. The number of nitrogens with zero attached hydrogens (tertiary/aromatic N) is 2. The molecule has 1 saturated carbocycles. The Hall–Kier alpha value is -2.35. The van der Waals surface area contributed by atoms with E-state index in [1.165, 1.54) is 7.11 Å². The third-order valence-electron chi connectivity index (χ3n) is 5.01. The van der Waals surface area contributed by atoms with Gasteiger partial charge in [0.25, 0.3) is 0 Å². The third kappa shape index (κ3) is 3.19. The van der Waals surface area contributed by atoms with Gasteiger partial charge in [-0.3, -0.25) is 0 Å². The van der Waals surface area contributed by atoms with E-state index in [1.807, 2.05) is 0 Å². The SMILES string of the molecule is COC1C#CC(n2nc(C(F)(F)F)cc2C2=CC3CC(=C2)C3S(N)(=O)=O)=CC1. The van der Waals surface area contributed by atoms with Crippen LogP contribution >= 0.6 is 0 Å². The highest BCUT2D eigenvalue weighted by atomic mass is 32.2. The van der Waals surface area contributed by atoms with E-state index in [-0.39, 0.29) is 17.7 Å². The molecule has 0 radical (unpaired) electrons. The summed E-state index contributed by atoms with van der Waals surface area (Å²) in [6, 6.07) is 0.949. The molecule has 1 aromatic rings. The number of fused-ring (bicyclic) bond motifs is 1. The van der Waals surface area contributed by atoms with Gasteiger partial charge < -0.3 is 4.74 Å². The first-order chi connectivity index (χ1) is 13.1. The molecule has 0 aliphatic heterocycles. The Labute approximate surface area is 159 Å². The van der Waals surface area contributed by atoms with Gasteiger partial charge in [0, 0.05) is 19.4 Å². The smallest absolute Gasteiger partial charge is 0.368 e. The lowest BCUT2D eigenvalue weighted by molar-refractivity contribution is -0.141. The molecular weight excluding hydrogens is 395 g/mol. The lowest BCUT2D eigenvalue weighted by atomic mass is 9.73. The third-order valence-corrected chi connectivity index (χ3v) is 6.37. The normalized spacial score (nSPS) is 26.5. The monoisotopic (exact) mass is 411 g/mol. The zero-order chi connectivity index (χ0) is 20.3. The highest BCUT2D eigenvalue weighted by molar-refractivity contribution is 7.90. The number of rotatable bonds is 4. The molecule has 2 N–H and O–H groups in total. The number of ether oxygens (including phenoxy) is 1. The number of hydrogen-bond acceptors (Lipinski definition) is 4. The number of halogens is 3. The molecule has 10 heteroatoms. The van der Waals surface area contributed by atoms with Crippen LogP contribution in [0.15, 0.2) is 29.9 Å². The Kier molecular flexibility index (Phi) is 4.30. The van der Waals surface area contributed by atoms with Gasteiger partial charge in [-0.1, -0.05) is 18.1 Å². The Morgan fingerprint density at radius 2 is 2.14 bits per heavy atom. The summed E-state index contributed by atoms with van der Waals surface area (Å²) >= 11 is 0. The molecule has 0 amide bonds. The summed E-state index contributed by atoms with van der Waals surface area (Å²) in [5, 5.41) is 8.15. The van der Waals surface area contributed by atoms with E-state index >= 15 is 0 Å². The van der Waals surface area contributed by atoms with Crippen molar-refractivity contribution in [2.45, 2.75) is 30.4 Å². The number of hydrogen-bond donors (Lipinski definition) is 1. The van der Waals surface area contributed by atoms with Crippen LogP contribution in [-0.4, -0.2) is 36.7 Å². The van der Waals surface area contributed by atoms with Crippen LogP contribution < -0.4 is 5.14 Å². The number of aromatic nitrogens is 2. The maximum atomic E-state index is 13.3. The van der Waals surface area contributed by atoms with Crippen LogP contribution in [0.4, 0.5) is 13.2 Å². The van der Waals surface area contributed by atoms with Crippen LogP contribution in [0.3, 0.4) is 0 Å². The fourth-order valence-electron chi connectivity index (χ4n) is 3.68. The molecule has 0 spiro atoms. The summed E-state index contributed by atoms with van der Waals surface area (Å²) in [7, 11) is -2.25. The highest BCUT2D eigenvalue weighted by Gasteiger charge is 2.45. The maximum absolute atomic E-state index is 13.3. The fourth-order valence-corrected chi connectivity index (χ4v) is 4.92. The van der Waals surface area contributed by atoms with E-state index in [4.69, 9.17) is 9.88 Å². The summed E-state index contributed by atoms with van der Waals surface area (Å²) in [4.78, 5) is 0. The van der Waals surface area contributed by atoms with Crippen LogP contribution in [0, 0.1) is 17.8 Å². The number of primary sulfonamides is 1. The Balaban J connectivity index is 1.76. The molecule has 6 nitrogen and oxygen atoms in total. The standard InChI is InChI=1S/C18H16F3N3O3S/c1-27-14-4-2-13(3-5-14)24-15(9-16(23-24)18(19,20)21)10-6-11-8-12(7-10)17(11)28(22,25)26/h2,6-7,9,11,14,17H,4,8H2,1H3,(H2,22,25,26). The average Bonchev–Trinajstić information content (AvgIpc) is 3.06. The van der Waals surface area contributed by atoms with Crippen molar-refractivity contribution < 1.29 is 26.3 Å². The fraction of sp³-hybridized carbons (Fsp3) is 0.389. The van der Waals surface area contributed by atoms with E-state index in [0.29, 0.717) is 29.7 Å². The van der Waals surface area contributed by atoms with Gasteiger partial charge in [0.15, 0.2) is 5.69 Å². The molecule has 4 aliphatic carbocycles. The molecule has 3 unspecified atom stereocenters. The van der Waals surface area contributed by atoms with Crippen molar-refractivity contribution in [2.24, 2.45) is 11.1 Å². The van der Waals surface area contributed by atoms with Gasteiger partial charge >= 0.3 is 6.18 Å². The second kappa shape index (κ2) is 6.34. The maximum Gasteiger partial charge on any atom is 0.435 e. The number of sulfonamides is 1. The summed E-state index contributed by atoms with van der Waals surface area (Å²) in [5.41, 5.74) is 0.556. The molecule has 148 valence electrons. The largest absolute Gasteiger partial charge is 0.435 e. The van der Waals surface area contributed by atoms with Crippen molar-refractivity contribution in [2.75, 3.05) is 7.11 Å². The van der Waals surface area contributed by atoms with Crippen molar-refractivity contribution in [1.82, 2.24) is 9.78 Å². The van der Waals surface area contributed by atoms with Gasteiger partial charge in [-0.05, 0) is 35.6 Å². The van der Waals surface area contributed by atoms with Crippen LogP contribution in [0.25, 0.3) is 11.3 Å². The van der Waals surface area contributed by atoms with Crippen molar-refractivity contribution in [3.8, 4) is 11.8 Å². The number of nitrogens with two attached hydrogens (primary N) is 1. The lowest BCUT2D eigenvalue weighted by Gasteiger charge is -2.39. The van der Waals surface area contributed by atoms with E-state index in [9.17, 15) is 21.6 Å². The van der Waals surface area contributed by atoms with Gasteiger partial charge in [0.2, 0.25) is 10.0 Å². The zero-order valence-electron chi connectivity index (χ0n) is 14.7. The van der Waals surface area contributed by atoms with Crippen molar-refractivity contribution in [1.29, 1.82) is 0 Å². The van der Waals surface area contributed by atoms with Crippen molar-refractivity contribution >= 4 is 21.3 Å². The van der Waals surface area contributed by atoms with E-state index < -0.39 is 27.1 Å². The summed E-state index contributed by atoms with van der Waals surface area (Å²) < 4.78 is 69.4. The van der Waals surface area contributed by atoms with Gasteiger partial charge in [-0.25, -0.2) is 18.2 Å². The van der Waals surface area contributed by atoms with E-state index in [1.54, 1.807) is 18.2 Å². The first kappa shape index (κ1) is 19.0. The zero-order valence-corrected chi connectivity index (χ0v) is 15.5. The van der Waals surface area contributed by atoms with Crippen LogP contribution in [0.1, 0.15) is 24.2 Å². The number of methoxy groups -OCH3 is 1. The van der Waals surface area contributed by atoms with Gasteiger partial charge in [-0.2, -0.15) is 18.3 Å². The molecule has 1 heterocycles. The van der Waals surface area contributed by atoms with Crippen molar-refractivity contribution in [3.63, 3.8) is 0 Å². The Bertz CT molecular complexity index is 1100. The molecule has 4 aliphatic rings. The van der Waals surface area contributed by atoms with Gasteiger partial charge in [0.05, 0.1) is 5.69 Å². The lowest BCUT2D eigenvalue weighted by Crippen LogP contribution is -2.45.